The van der Waals surface area contributed by atoms with Crippen LogP contribution in [0, 0.1) is 11.8 Å². The molecule has 0 atom stereocenters. The van der Waals surface area contributed by atoms with Crippen LogP contribution in [0.3, 0.4) is 0 Å². The van der Waals surface area contributed by atoms with Crippen LogP contribution in [0.5, 0.6) is 0 Å². The van der Waals surface area contributed by atoms with Crippen LogP contribution in [0.15, 0.2) is 40.3 Å². The maximum absolute atomic E-state index is 13.6. The van der Waals surface area contributed by atoms with E-state index in [1.807, 2.05) is 44.0 Å². The van der Waals surface area contributed by atoms with Crippen LogP contribution in [0.2, 0.25) is 0 Å². The number of hydrogen-bond donors (Lipinski definition) is 1. The van der Waals surface area contributed by atoms with Crippen LogP contribution in [0.1, 0.15) is 26.3 Å². The molecule has 0 aliphatic rings. The van der Waals surface area contributed by atoms with E-state index < -0.39 is 16.8 Å². The van der Waals surface area contributed by atoms with Gasteiger partial charge in [0.15, 0.2) is 11.2 Å². The van der Waals surface area contributed by atoms with Crippen molar-refractivity contribution in [1.29, 1.82) is 0 Å². The van der Waals surface area contributed by atoms with Crippen LogP contribution in [0.25, 0.3) is 22.1 Å². The molecule has 10 nitrogen and oxygen atoms in total. The van der Waals surface area contributed by atoms with E-state index in [0.29, 0.717) is 23.7 Å². The molecule has 4 aromatic rings. The Balaban J connectivity index is 1.90. The van der Waals surface area contributed by atoms with Gasteiger partial charge in [-0.1, -0.05) is 18.1 Å². The van der Waals surface area contributed by atoms with E-state index >= 15 is 0 Å². The third-order valence-electron chi connectivity index (χ3n) is 5.53. The number of rotatable bonds is 6. The third-order valence-corrected chi connectivity index (χ3v) is 5.53. The average Bonchev–Trinajstić information content (AvgIpc) is 3.18. The van der Waals surface area contributed by atoms with Gasteiger partial charge in [-0.05, 0) is 32.4 Å². The molecule has 0 unspecified atom stereocenters. The third kappa shape index (κ3) is 4.30. The molecule has 3 heterocycles. The summed E-state index contributed by atoms with van der Waals surface area (Å²) in [5.74, 6) is 6.42. The van der Waals surface area contributed by atoms with Crippen molar-refractivity contribution in [1.82, 2.24) is 28.7 Å². The monoisotopic (exact) mass is 460 g/mol. The summed E-state index contributed by atoms with van der Waals surface area (Å²) in [5, 5.41) is 0.883. The minimum absolute atomic E-state index is 0.104. The first-order valence-electron chi connectivity index (χ1n) is 10.9. The van der Waals surface area contributed by atoms with Crippen LogP contribution in [0.4, 0.5) is 5.95 Å². The average molecular weight is 461 g/mol. The Morgan fingerprint density at radius 1 is 1.21 bits per heavy atom. The lowest BCUT2D eigenvalue weighted by molar-refractivity contribution is 0.512. The minimum atomic E-state index is -0.486. The maximum Gasteiger partial charge on any atom is 0.332 e. The Bertz CT molecular complexity index is 1560. The smallest absolute Gasteiger partial charge is 0.332 e. The fourth-order valence-corrected chi connectivity index (χ4v) is 4.08. The Labute approximate surface area is 196 Å². The quantitative estimate of drug-likeness (QED) is 0.428. The summed E-state index contributed by atoms with van der Waals surface area (Å²) in [6, 6.07) is 5.60. The van der Waals surface area contributed by atoms with Gasteiger partial charge in [0.05, 0.1) is 18.6 Å². The number of likely N-dealkylation sites (N-methyl/N-ethyl adjacent to an activating group) is 1. The number of nitrogens with two attached hydrogens (primary N) is 1. The Kier molecular flexibility index (Phi) is 5.98. The maximum atomic E-state index is 13.6. The van der Waals surface area contributed by atoms with Crippen LogP contribution in [-0.2, 0) is 20.1 Å². The number of hydrogen-bond acceptors (Lipinski definition) is 7. The number of fused-ring (bicyclic) bond motifs is 2. The zero-order chi connectivity index (χ0) is 24.6. The lowest BCUT2D eigenvalue weighted by atomic mass is 10.1. The van der Waals surface area contributed by atoms with E-state index in [9.17, 15) is 9.59 Å². The Morgan fingerprint density at radius 3 is 2.68 bits per heavy atom. The number of anilines is 1. The fraction of sp³-hybridized carbons (Fsp3) is 0.375. The van der Waals surface area contributed by atoms with Gasteiger partial charge in [0.2, 0.25) is 5.95 Å². The summed E-state index contributed by atoms with van der Waals surface area (Å²) in [4.78, 5) is 41.7. The van der Waals surface area contributed by atoms with Crippen molar-refractivity contribution in [3.05, 3.63) is 57.1 Å². The van der Waals surface area contributed by atoms with E-state index in [0.717, 1.165) is 16.5 Å². The minimum Gasteiger partial charge on any atom is -0.343 e. The number of aryl methyl sites for hydroxylation is 1. The van der Waals surface area contributed by atoms with E-state index in [4.69, 9.17) is 5.73 Å². The molecule has 1 aromatic carbocycles. The van der Waals surface area contributed by atoms with Crippen molar-refractivity contribution in [3.8, 4) is 11.8 Å². The van der Waals surface area contributed by atoms with E-state index in [1.54, 1.807) is 24.7 Å². The van der Waals surface area contributed by atoms with Gasteiger partial charge in [-0.15, -0.1) is 5.92 Å². The largest absolute Gasteiger partial charge is 0.343 e. The highest BCUT2D eigenvalue weighted by atomic mass is 16.2. The fourth-order valence-electron chi connectivity index (χ4n) is 4.08. The summed E-state index contributed by atoms with van der Waals surface area (Å²) < 4.78 is 4.38. The molecule has 2 N–H and O–H groups in total. The zero-order valence-corrected chi connectivity index (χ0v) is 20.0. The number of aromatic nitrogens is 6. The highest BCUT2D eigenvalue weighted by molar-refractivity contribution is 5.78. The summed E-state index contributed by atoms with van der Waals surface area (Å²) >= 11 is 0. The molecule has 0 amide bonds. The predicted molar refractivity (Wildman–Crippen MR) is 133 cm³/mol. The van der Waals surface area contributed by atoms with Gasteiger partial charge >= 0.3 is 5.69 Å². The Hall–Kier alpha value is -3.97. The normalized spacial score (nSPS) is 11.6. The molecule has 0 saturated carbocycles. The van der Waals surface area contributed by atoms with Crippen LogP contribution < -0.4 is 21.9 Å². The lowest BCUT2D eigenvalue weighted by Gasteiger charge is -2.27. The van der Waals surface area contributed by atoms with Gasteiger partial charge in [0, 0.05) is 37.8 Å². The van der Waals surface area contributed by atoms with E-state index in [2.05, 4.69) is 26.8 Å². The van der Waals surface area contributed by atoms with Crippen molar-refractivity contribution < 1.29 is 0 Å². The molecule has 10 heteroatoms. The molecule has 0 fully saturated rings. The van der Waals surface area contributed by atoms with Crippen LogP contribution in [-0.4, -0.2) is 47.8 Å². The highest BCUT2D eigenvalue weighted by Gasteiger charge is 2.24. The molecule has 0 saturated heterocycles. The van der Waals surface area contributed by atoms with Crippen molar-refractivity contribution in [2.45, 2.75) is 39.4 Å². The standard InChI is InChI=1S/C24H28N8O2/c1-6-7-10-31-19-20(28-22(31)29(4)14-24(2,3)25)30(5)23(34)32(21(19)33)13-16-8-9-17-12-26-15-27-18(17)11-16/h8-9,11-12,15H,10,13-14,25H2,1-5H3. The van der Waals surface area contributed by atoms with Crippen molar-refractivity contribution in [2.75, 3.05) is 18.5 Å². The molecule has 34 heavy (non-hydrogen) atoms. The van der Waals surface area contributed by atoms with Gasteiger partial charge < -0.3 is 10.6 Å². The van der Waals surface area contributed by atoms with Crippen molar-refractivity contribution >= 4 is 28.0 Å². The SMILES string of the molecule is CC#CCn1c(N(C)CC(C)(C)N)nc2c1c(=O)n(Cc1ccc3cncnc3c1)c(=O)n2C. The molecule has 0 aliphatic heterocycles. The molecule has 0 aliphatic carbocycles. The summed E-state index contributed by atoms with van der Waals surface area (Å²) in [7, 11) is 3.48. The lowest BCUT2D eigenvalue weighted by Crippen LogP contribution is -2.44. The van der Waals surface area contributed by atoms with E-state index in [-0.39, 0.29) is 13.1 Å². The molecule has 4 rings (SSSR count). The first kappa shape index (κ1) is 23.2. The predicted octanol–water partition coefficient (Wildman–Crippen LogP) is 1.09. The molecule has 3 aromatic heterocycles. The highest BCUT2D eigenvalue weighted by Crippen LogP contribution is 2.20. The summed E-state index contributed by atoms with van der Waals surface area (Å²) in [6.07, 6.45) is 3.19. The summed E-state index contributed by atoms with van der Waals surface area (Å²) in [5.41, 5.74) is 7.03. The second-order valence-electron chi connectivity index (χ2n) is 9.09. The first-order chi connectivity index (χ1) is 16.1. The van der Waals surface area contributed by atoms with Crippen molar-refractivity contribution in [3.63, 3.8) is 0 Å². The molecule has 0 spiro atoms. The van der Waals surface area contributed by atoms with Crippen LogP contribution >= 0.6 is 0 Å². The number of nitrogens with zero attached hydrogens (tertiary/aromatic N) is 7. The molecule has 0 bridgehead atoms. The number of imidazole rings is 1. The van der Waals surface area contributed by atoms with Gasteiger partial charge in [0.25, 0.3) is 5.56 Å². The second kappa shape index (κ2) is 8.76. The van der Waals surface area contributed by atoms with Gasteiger partial charge in [-0.3, -0.25) is 18.5 Å². The molecular formula is C24H28N8O2. The molecule has 176 valence electrons. The Morgan fingerprint density at radius 2 is 1.97 bits per heavy atom. The molecular weight excluding hydrogens is 432 g/mol. The topological polar surface area (TPSA) is 117 Å². The van der Waals surface area contributed by atoms with Crippen molar-refractivity contribution in [2.24, 2.45) is 12.8 Å². The van der Waals surface area contributed by atoms with E-state index in [1.165, 1.54) is 15.5 Å². The zero-order valence-electron chi connectivity index (χ0n) is 20.0. The first-order valence-corrected chi connectivity index (χ1v) is 10.9. The van der Waals surface area contributed by atoms with Gasteiger partial charge in [-0.2, -0.15) is 4.98 Å². The summed E-state index contributed by atoms with van der Waals surface area (Å²) in [6.45, 7) is 6.43. The molecule has 0 radical (unpaired) electrons. The van der Waals surface area contributed by atoms with Gasteiger partial charge in [-0.25, -0.2) is 14.8 Å². The van der Waals surface area contributed by atoms with Gasteiger partial charge in [0.1, 0.15) is 6.33 Å². The second-order valence-corrected chi connectivity index (χ2v) is 9.09. The number of benzene rings is 1.